The highest BCUT2D eigenvalue weighted by molar-refractivity contribution is 5.89. The third-order valence-electron chi connectivity index (χ3n) is 15.4. The summed E-state index contributed by atoms with van der Waals surface area (Å²) in [5, 5.41) is 32.5. The summed E-state index contributed by atoms with van der Waals surface area (Å²) in [4.78, 5) is 26.0. The summed E-state index contributed by atoms with van der Waals surface area (Å²) in [5.41, 5.74) is -1.25. The van der Waals surface area contributed by atoms with Crippen molar-refractivity contribution in [2.45, 2.75) is 143 Å². The second-order valence-corrected chi connectivity index (χ2v) is 18.0. The minimum atomic E-state index is -1.32. The zero-order chi connectivity index (χ0) is 33.9. The van der Waals surface area contributed by atoms with E-state index in [-0.39, 0.29) is 69.0 Å². The fourth-order valence-corrected chi connectivity index (χ4v) is 13.3. The normalized spacial score (nSPS) is 47.1. The van der Waals surface area contributed by atoms with E-state index in [9.17, 15) is 24.9 Å². The fourth-order valence-electron chi connectivity index (χ4n) is 13.3. The van der Waals surface area contributed by atoms with Crippen LogP contribution in [0.1, 0.15) is 117 Å². The predicted molar refractivity (Wildman–Crippen MR) is 175 cm³/mol. The molecule has 8 nitrogen and oxygen atoms in total. The van der Waals surface area contributed by atoms with E-state index >= 15 is 0 Å². The highest BCUT2D eigenvalue weighted by Crippen LogP contribution is 2.91. The largest absolute Gasteiger partial charge is 0.462 e. The molecule has 1 heterocycles. The lowest BCUT2D eigenvalue weighted by Crippen LogP contribution is -2.67. The molecule has 8 heteroatoms. The Balaban J connectivity index is 1.18. The summed E-state index contributed by atoms with van der Waals surface area (Å²) in [5.74, 6) is 0.165. The zero-order valence-corrected chi connectivity index (χ0v) is 29.3. The summed E-state index contributed by atoms with van der Waals surface area (Å²) in [6.07, 6.45) is 5.09. The molecule has 260 valence electrons. The first-order valence-corrected chi connectivity index (χ1v) is 18.1. The number of carbonyl (C=O) groups excluding carboxylic acids is 2. The smallest absolute Gasteiger partial charge is 0.338 e. The van der Waals surface area contributed by atoms with E-state index in [2.05, 4.69) is 27.7 Å². The highest BCUT2D eigenvalue weighted by atomic mass is 16.6. The third kappa shape index (κ3) is 4.59. The van der Waals surface area contributed by atoms with Crippen molar-refractivity contribution in [2.24, 2.45) is 50.7 Å². The number of fused-ring (bicyclic) bond motifs is 3. The molecule has 0 amide bonds. The van der Waals surface area contributed by atoms with Crippen LogP contribution in [0.3, 0.4) is 0 Å². The summed E-state index contributed by atoms with van der Waals surface area (Å²) in [6, 6.07) is 9.22. The quantitative estimate of drug-likeness (QED) is 0.318. The standard InChI is InChI=1S/C39H56O8/c1-22(40)45-30-20-28-34(2,3)29(47-32(42)23-11-9-8-10-12-23)15-16-36(28,6)27-14-17-38-21-39(38,37(27,30)7)18-13-25(38)24-19-26(46-33(24)43)31(41)35(4,5)44/h8-12,24-31,33,41,43-44H,13-21H2,1-7H3/t24-,25+,26+,27-,28+,29-,30-,31+,33+,36-,37+,38-,39-/m1/s1. The number of carbonyl (C=O) groups is 2. The molecule has 0 radical (unpaired) electrons. The van der Waals surface area contributed by atoms with Gasteiger partial charge in [-0.05, 0) is 118 Å². The second kappa shape index (κ2) is 10.7. The van der Waals surface area contributed by atoms with Crippen molar-refractivity contribution in [1.29, 1.82) is 0 Å². The Hall–Kier alpha value is -2.00. The van der Waals surface area contributed by atoms with Gasteiger partial charge in [0, 0.05) is 23.7 Å². The minimum Gasteiger partial charge on any atom is -0.462 e. The van der Waals surface area contributed by atoms with Crippen LogP contribution in [0.4, 0.5) is 0 Å². The van der Waals surface area contributed by atoms with Gasteiger partial charge in [0.25, 0.3) is 0 Å². The molecule has 5 saturated carbocycles. The molecule has 0 unspecified atom stereocenters. The number of hydrogen-bond acceptors (Lipinski definition) is 8. The Labute approximate surface area is 279 Å². The average molecular weight is 653 g/mol. The van der Waals surface area contributed by atoms with Crippen LogP contribution in [0.5, 0.6) is 0 Å². The van der Waals surface area contributed by atoms with E-state index in [0.717, 1.165) is 51.4 Å². The van der Waals surface area contributed by atoms with E-state index in [1.54, 1.807) is 26.0 Å². The Morgan fingerprint density at radius 2 is 1.64 bits per heavy atom. The highest BCUT2D eigenvalue weighted by Gasteiger charge is 2.86. The molecule has 5 aliphatic carbocycles. The molecule has 3 N–H and O–H groups in total. The maximum Gasteiger partial charge on any atom is 0.338 e. The van der Waals surface area contributed by atoms with Crippen LogP contribution < -0.4 is 0 Å². The number of ether oxygens (including phenoxy) is 3. The maximum atomic E-state index is 13.2. The molecule has 7 rings (SSSR count). The van der Waals surface area contributed by atoms with Gasteiger partial charge in [-0.15, -0.1) is 0 Å². The van der Waals surface area contributed by atoms with E-state index in [1.807, 2.05) is 18.2 Å². The van der Waals surface area contributed by atoms with Gasteiger partial charge >= 0.3 is 11.9 Å². The van der Waals surface area contributed by atoms with E-state index in [1.165, 1.54) is 6.92 Å². The summed E-state index contributed by atoms with van der Waals surface area (Å²) in [7, 11) is 0. The van der Waals surface area contributed by atoms with Gasteiger partial charge in [0.05, 0.1) is 17.3 Å². The third-order valence-corrected chi connectivity index (χ3v) is 15.4. The monoisotopic (exact) mass is 652 g/mol. The Kier molecular flexibility index (Phi) is 7.66. The molecule has 0 aromatic heterocycles. The molecular formula is C39H56O8. The van der Waals surface area contributed by atoms with Gasteiger partial charge in [-0.3, -0.25) is 4.79 Å². The van der Waals surface area contributed by atoms with E-state index in [0.29, 0.717) is 17.9 Å². The molecule has 0 bridgehead atoms. The molecule has 1 aromatic rings. The first-order valence-electron chi connectivity index (χ1n) is 18.1. The molecule has 13 atom stereocenters. The fraction of sp³-hybridized carbons (Fsp3) is 0.795. The van der Waals surface area contributed by atoms with Gasteiger partial charge in [-0.2, -0.15) is 0 Å². The van der Waals surface area contributed by atoms with Gasteiger partial charge in [0.2, 0.25) is 0 Å². The van der Waals surface area contributed by atoms with Gasteiger partial charge in [0.15, 0.2) is 6.29 Å². The van der Waals surface area contributed by atoms with Crippen molar-refractivity contribution in [3.8, 4) is 0 Å². The van der Waals surface area contributed by atoms with Gasteiger partial charge in [-0.1, -0.05) is 45.9 Å². The van der Waals surface area contributed by atoms with Gasteiger partial charge in [-0.25, -0.2) is 4.79 Å². The first-order chi connectivity index (χ1) is 21.9. The van der Waals surface area contributed by atoms with Crippen molar-refractivity contribution < 1.29 is 39.1 Å². The zero-order valence-electron chi connectivity index (χ0n) is 29.3. The van der Waals surface area contributed by atoms with Crippen LogP contribution in [0, 0.1) is 50.7 Å². The Morgan fingerprint density at radius 1 is 0.936 bits per heavy atom. The van der Waals surface area contributed by atoms with Crippen molar-refractivity contribution in [1.82, 2.24) is 0 Å². The van der Waals surface area contributed by atoms with Gasteiger partial charge < -0.3 is 29.5 Å². The van der Waals surface area contributed by atoms with Crippen molar-refractivity contribution in [3.63, 3.8) is 0 Å². The first kappa shape index (κ1) is 33.5. The number of hydrogen-bond donors (Lipinski definition) is 3. The lowest BCUT2D eigenvalue weighted by Gasteiger charge is -2.68. The number of aliphatic hydroxyl groups is 3. The molecule has 47 heavy (non-hydrogen) atoms. The average Bonchev–Trinajstić information content (AvgIpc) is 3.37. The lowest BCUT2D eigenvalue weighted by atomic mass is 9.37. The lowest BCUT2D eigenvalue weighted by molar-refractivity contribution is -0.249. The molecule has 6 aliphatic rings. The molecule has 6 fully saturated rings. The Morgan fingerprint density at radius 3 is 2.30 bits per heavy atom. The summed E-state index contributed by atoms with van der Waals surface area (Å²) >= 11 is 0. The molecule has 0 spiro atoms. The van der Waals surface area contributed by atoms with Crippen LogP contribution in [0.15, 0.2) is 30.3 Å². The predicted octanol–water partition coefficient (Wildman–Crippen LogP) is 6.05. The SMILES string of the molecule is CC(=O)O[C@@H]1C[C@H]2C(C)(C)[C@H](OC(=O)c3ccccc3)CC[C@]2(C)[C@H]2CC[C@]34C[C@]3(CC[C@H]4[C@H]3C[C@@H]([C@H](O)C(C)(C)O)O[C@@H]3O)[C@@]21C. The van der Waals surface area contributed by atoms with E-state index < -0.39 is 24.1 Å². The number of rotatable bonds is 6. The molecule has 1 aliphatic heterocycles. The summed E-state index contributed by atoms with van der Waals surface area (Å²) < 4.78 is 18.6. The molecular weight excluding hydrogens is 596 g/mol. The summed E-state index contributed by atoms with van der Waals surface area (Å²) in [6.45, 7) is 14.1. The van der Waals surface area contributed by atoms with Crippen LogP contribution in [-0.2, 0) is 19.0 Å². The molecule has 1 saturated heterocycles. The Bertz CT molecular complexity index is 1400. The maximum absolute atomic E-state index is 13.2. The van der Waals surface area contributed by atoms with Crippen molar-refractivity contribution in [2.75, 3.05) is 0 Å². The minimum absolute atomic E-state index is 0.00905. The van der Waals surface area contributed by atoms with E-state index in [4.69, 9.17) is 14.2 Å². The van der Waals surface area contributed by atoms with Crippen molar-refractivity contribution >= 4 is 11.9 Å². The number of benzene rings is 1. The number of esters is 2. The van der Waals surface area contributed by atoms with Crippen LogP contribution in [-0.4, -0.2) is 63.6 Å². The topological polar surface area (TPSA) is 123 Å². The van der Waals surface area contributed by atoms with Crippen LogP contribution >= 0.6 is 0 Å². The second-order valence-electron chi connectivity index (χ2n) is 18.0. The number of aliphatic hydroxyl groups excluding tert-OH is 2. The van der Waals surface area contributed by atoms with Gasteiger partial charge in [0.1, 0.15) is 18.3 Å². The molecule has 1 aromatic carbocycles. The van der Waals surface area contributed by atoms with Crippen LogP contribution in [0.2, 0.25) is 0 Å². The van der Waals surface area contributed by atoms with Crippen LogP contribution in [0.25, 0.3) is 0 Å². The van der Waals surface area contributed by atoms with Crippen molar-refractivity contribution in [3.05, 3.63) is 35.9 Å².